The van der Waals surface area contributed by atoms with E-state index < -0.39 is 10.1 Å². The van der Waals surface area contributed by atoms with Crippen LogP contribution in [-0.2, 0) is 14.9 Å². The van der Waals surface area contributed by atoms with Gasteiger partial charge in [0.25, 0.3) is 10.1 Å². The lowest BCUT2D eigenvalue weighted by atomic mass is 10.5. The molecule has 0 saturated carbocycles. The molecule has 0 fully saturated rings. The molecule has 0 aromatic rings. The molecule has 0 amide bonds. The largest absolute Gasteiger partial charge is 0.447 e. The Balaban J connectivity index is 3.34. The predicted octanol–water partition coefficient (Wildman–Crippen LogP) is 0.262. The number of ether oxygens (including phenoxy) is 1. The highest BCUT2D eigenvalue weighted by Gasteiger charge is 2.02. The van der Waals surface area contributed by atoms with Crippen molar-refractivity contribution in [1.29, 1.82) is 0 Å². The van der Waals surface area contributed by atoms with Gasteiger partial charge in [0.05, 0.1) is 5.75 Å². The van der Waals surface area contributed by atoms with Gasteiger partial charge in [0, 0.05) is 6.92 Å². The summed E-state index contributed by atoms with van der Waals surface area (Å²) < 4.78 is 33.2. The van der Waals surface area contributed by atoms with E-state index in [1.165, 1.54) is 0 Å². The third-order valence-electron chi connectivity index (χ3n) is 0.823. The Bertz CT molecular complexity index is 243. The van der Waals surface area contributed by atoms with Crippen LogP contribution in [0.25, 0.3) is 0 Å². The molecule has 0 heterocycles. The zero-order valence-electron chi connectivity index (χ0n) is 6.20. The molecule has 0 bridgehead atoms. The van der Waals surface area contributed by atoms with Crippen LogP contribution in [0.5, 0.6) is 0 Å². The lowest BCUT2D eigenvalue weighted by molar-refractivity contribution is 0.277. The Kier molecular flexibility index (Phi) is 4.66. The summed E-state index contributed by atoms with van der Waals surface area (Å²) in [6, 6.07) is 0. The fourth-order valence-corrected chi connectivity index (χ4v) is 0.919. The van der Waals surface area contributed by atoms with Gasteiger partial charge in [-0.15, -0.1) is 0 Å². The molecule has 0 aliphatic heterocycles. The number of hydrogen-bond donors (Lipinski definition) is 1. The van der Waals surface area contributed by atoms with E-state index in [4.69, 9.17) is 4.55 Å². The van der Waals surface area contributed by atoms with Gasteiger partial charge in [0.15, 0.2) is 0 Å². The van der Waals surface area contributed by atoms with Crippen LogP contribution in [0.2, 0.25) is 0 Å². The fraction of sp³-hybridized carbons (Fsp3) is 0.667. The van der Waals surface area contributed by atoms with Crippen LogP contribution in [0.15, 0.2) is 0 Å². The Labute approximate surface area is 66.3 Å². The smallest absolute Gasteiger partial charge is 0.264 e. The average Bonchev–Trinajstić information content (AvgIpc) is 1.85. The molecular weight excluding hydrogens is 168 g/mol. The van der Waals surface area contributed by atoms with E-state index >= 15 is 0 Å². The van der Waals surface area contributed by atoms with E-state index in [1.54, 1.807) is 6.92 Å². The maximum atomic E-state index is 10.1. The van der Waals surface area contributed by atoms with Crippen molar-refractivity contribution in [2.45, 2.75) is 13.3 Å². The van der Waals surface area contributed by atoms with Crippen LogP contribution in [0, 0.1) is 12.0 Å². The molecule has 0 rings (SSSR count). The molecule has 0 aromatic heterocycles. The highest BCUT2D eigenvalue weighted by molar-refractivity contribution is 7.85. The van der Waals surface area contributed by atoms with Crippen molar-refractivity contribution in [3.05, 3.63) is 0 Å². The van der Waals surface area contributed by atoms with Crippen molar-refractivity contribution in [1.82, 2.24) is 0 Å². The van der Waals surface area contributed by atoms with Gasteiger partial charge in [-0.05, 0) is 6.42 Å². The first-order chi connectivity index (χ1) is 5.06. The molecule has 5 heteroatoms. The molecule has 4 nitrogen and oxygen atoms in total. The lowest BCUT2D eigenvalue weighted by Crippen LogP contribution is -2.05. The molecule has 11 heavy (non-hydrogen) atoms. The van der Waals surface area contributed by atoms with Gasteiger partial charge in [0.2, 0.25) is 0 Å². The van der Waals surface area contributed by atoms with E-state index in [-0.39, 0.29) is 18.8 Å². The quantitative estimate of drug-likeness (QED) is 0.381. The molecule has 0 aromatic carbocycles. The molecule has 0 radical (unpaired) electrons. The van der Waals surface area contributed by atoms with Crippen molar-refractivity contribution in [2.24, 2.45) is 0 Å². The van der Waals surface area contributed by atoms with Gasteiger partial charge in [-0.25, -0.2) is 0 Å². The van der Waals surface area contributed by atoms with Crippen molar-refractivity contribution < 1.29 is 17.7 Å². The summed E-state index contributed by atoms with van der Waals surface area (Å²) in [6.07, 6.45) is 2.57. The van der Waals surface area contributed by atoms with Crippen molar-refractivity contribution in [3.8, 4) is 12.0 Å². The Morgan fingerprint density at radius 3 is 2.64 bits per heavy atom. The van der Waals surface area contributed by atoms with E-state index in [1.807, 2.05) is 0 Å². The van der Waals surface area contributed by atoms with E-state index in [0.717, 1.165) is 0 Å². The molecular formula is C6H10O4S. The van der Waals surface area contributed by atoms with E-state index in [2.05, 4.69) is 16.8 Å². The summed E-state index contributed by atoms with van der Waals surface area (Å²) >= 11 is 0. The van der Waals surface area contributed by atoms with Gasteiger partial charge < -0.3 is 4.74 Å². The van der Waals surface area contributed by atoms with Gasteiger partial charge in [-0.3, -0.25) is 4.55 Å². The number of rotatable bonds is 4. The van der Waals surface area contributed by atoms with Crippen LogP contribution in [0.3, 0.4) is 0 Å². The first-order valence-electron chi connectivity index (χ1n) is 3.05. The third kappa shape index (κ3) is 9.27. The minimum absolute atomic E-state index is 0.223. The third-order valence-corrected chi connectivity index (χ3v) is 1.63. The zero-order chi connectivity index (χ0) is 8.74. The lowest BCUT2D eigenvalue weighted by Gasteiger charge is -1.95. The topological polar surface area (TPSA) is 63.6 Å². The van der Waals surface area contributed by atoms with Crippen LogP contribution < -0.4 is 0 Å². The average molecular weight is 178 g/mol. The van der Waals surface area contributed by atoms with Gasteiger partial charge >= 0.3 is 0 Å². The first kappa shape index (κ1) is 10.3. The summed E-state index contributed by atoms with van der Waals surface area (Å²) in [5, 5.41) is 0. The van der Waals surface area contributed by atoms with Crippen molar-refractivity contribution in [2.75, 3.05) is 12.4 Å². The minimum atomic E-state index is -3.84. The fourth-order valence-electron chi connectivity index (χ4n) is 0.437. The second-order valence-corrected chi connectivity index (χ2v) is 3.41. The standard InChI is InChI=1S/C6H10O4S/c1-2-4-10-5-3-6-11(7,8)9/h3,5-6H2,1H3,(H,7,8,9). The van der Waals surface area contributed by atoms with E-state index in [0.29, 0.717) is 0 Å². The normalized spacial score (nSPS) is 10.0. The van der Waals surface area contributed by atoms with Crippen LogP contribution in [0.1, 0.15) is 13.3 Å². The highest BCUT2D eigenvalue weighted by atomic mass is 32.2. The minimum Gasteiger partial charge on any atom is -0.447 e. The van der Waals surface area contributed by atoms with Crippen LogP contribution >= 0.6 is 0 Å². The summed E-state index contributed by atoms with van der Waals surface area (Å²) in [7, 11) is -3.84. The Hall–Kier alpha value is -0.730. The number of hydrogen-bond acceptors (Lipinski definition) is 3. The highest BCUT2D eigenvalue weighted by Crippen LogP contribution is 1.88. The second kappa shape index (κ2) is 4.99. The first-order valence-corrected chi connectivity index (χ1v) is 4.66. The predicted molar refractivity (Wildman–Crippen MR) is 40.4 cm³/mol. The maximum absolute atomic E-state index is 10.1. The van der Waals surface area contributed by atoms with Crippen molar-refractivity contribution >= 4 is 10.1 Å². The summed E-state index contributed by atoms with van der Waals surface area (Å²) in [4.78, 5) is 0. The van der Waals surface area contributed by atoms with Crippen molar-refractivity contribution in [3.63, 3.8) is 0 Å². The maximum Gasteiger partial charge on any atom is 0.264 e. The molecule has 0 aliphatic rings. The summed E-state index contributed by atoms with van der Waals surface area (Å²) in [5.74, 6) is 2.20. The monoisotopic (exact) mass is 178 g/mol. The van der Waals surface area contributed by atoms with Crippen LogP contribution in [-0.4, -0.2) is 25.3 Å². The van der Waals surface area contributed by atoms with Gasteiger partial charge in [0.1, 0.15) is 12.7 Å². The molecule has 0 unspecified atom stereocenters. The van der Waals surface area contributed by atoms with Crippen LogP contribution in [0.4, 0.5) is 0 Å². The second-order valence-electron chi connectivity index (χ2n) is 1.84. The SMILES string of the molecule is CC#COCCCS(=O)(=O)O. The zero-order valence-corrected chi connectivity index (χ0v) is 7.02. The molecule has 0 spiro atoms. The molecule has 0 aliphatic carbocycles. The molecule has 0 atom stereocenters. The van der Waals surface area contributed by atoms with E-state index in [9.17, 15) is 8.42 Å². The van der Waals surface area contributed by atoms with Gasteiger partial charge in [-0.1, -0.05) is 5.92 Å². The molecule has 64 valence electrons. The summed E-state index contributed by atoms with van der Waals surface area (Å²) in [5.41, 5.74) is 0. The van der Waals surface area contributed by atoms with Gasteiger partial charge in [-0.2, -0.15) is 8.42 Å². The Morgan fingerprint density at radius 1 is 1.55 bits per heavy atom. The summed E-state index contributed by atoms with van der Waals surface area (Å²) in [6.45, 7) is 1.84. The Morgan fingerprint density at radius 2 is 2.18 bits per heavy atom. The molecule has 0 saturated heterocycles. The molecule has 1 N–H and O–H groups in total.